The van der Waals surface area contributed by atoms with Crippen molar-refractivity contribution in [2.45, 2.75) is 46.6 Å². The van der Waals surface area contributed by atoms with Crippen molar-refractivity contribution in [3.05, 3.63) is 0 Å². The molecule has 0 spiro atoms. The van der Waals surface area contributed by atoms with E-state index in [-0.39, 0.29) is 0 Å². The van der Waals surface area contributed by atoms with E-state index in [1.54, 1.807) is 7.11 Å². The molecule has 0 rings (SSSR count). The zero-order valence-corrected chi connectivity index (χ0v) is 16.7. The Labute approximate surface area is 149 Å². The molecule has 0 aliphatic rings. The molecule has 0 aliphatic heterocycles. The Morgan fingerprint density at radius 1 is 1.17 bits per heavy atom. The zero-order chi connectivity index (χ0) is 18.2. The van der Waals surface area contributed by atoms with Crippen LogP contribution in [0.4, 0.5) is 0 Å². The average Bonchev–Trinajstić information content (AvgIpc) is 2.55. The number of hydrogen-bond donors (Lipinski definition) is 2. The minimum atomic E-state index is 0.305. The fraction of sp³-hybridized carbons (Fsp3) is 0.944. The van der Waals surface area contributed by atoms with Crippen LogP contribution < -0.4 is 10.6 Å². The minimum Gasteiger partial charge on any atom is -0.383 e. The summed E-state index contributed by atoms with van der Waals surface area (Å²) in [6, 6.07) is 0. The van der Waals surface area contributed by atoms with Crippen LogP contribution in [0.3, 0.4) is 0 Å². The smallest absolute Gasteiger partial charge is 0.191 e. The lowest BCUT2D eigenvalue weighted by atomic mass is 10.0. The molecule has 0 saturated carbocycles. The van der Waals surface area contributed by atoms with Gasteiger partial charge >= 0.3 is 0 Å². The van der Waals surface area contributed by atoms with Crippen molar-refractivity contribution in [1.82, 2.24) is 15.5 Å². The van der Waals surface area contributed by atoms with Crippen LogP contribution in [0.1, 0.15) is 40.5 Å². The van der Waals surface area contributed by atoms with Gasteiger partial charge in [-0.05, 0) is 46.2 Å². The first kappa shape index (κ1) is 23.1. The van der Waals surface area contributed by atoms with Crippen molar-refractivity contribution in [2.75, 3.05) is 60.1 Å². The first-order chi connectivity index (χ1) is 11.5. The molecule has 6 heteroatoms. The number of likely N-dealkylation sites (N-methyl/N-ethyl adjacent to an activating group) is 1. The Kier molecular flexibility index (Phi) is 15.1. The Morgan fingerprint density at radius 3 is 2.50 bits per heavy atom. The van der Waals surface area contributed by atoms with Crippen LogP contribution in [-0.4, -0.2) is 77.1 Å². The summed E-state index contributed by atoms with van der Waals surface area (Å²) in [5.74, 6) is 1.44. The highest BCUT2D eigenvalue weighted by atomic mass is 16.5. The largest absolute Gasteiger partial charge is 0.383 e. The molecule has 24 heavy (non-hydrogen) atoms. The Bertz CT molecular complexity index is 311. The number of aliphatic imine (C=N–C) groups is 1. The molecule has 0 bridgehead atoms. The number of nitrogens with one attached hydrogen (secondary N) is 2. The molecule has 144 valence electrons. The lowest BCUT2D eigenvalue weighted by molar-refractivity contribution is 0.0258. The van der Waals surface area contributed by atoms with Gasteiger partial charge in [0.05, 0.1) is 12.7 Å². The van der Waals surface area contributed by atoms with Crippen LogP contribution >= 0.6 is 0 Å². The topological polar surface area (TPSA) is 58.1 Å². The van der Waals surface area contributed by atoms with E-state index in [0.29, 0.717) is 12.0 Å². The van der Waals surface area contributed by atoms with Crippen LogP contribution in [0, 0.1) is 5.92 Å². The van der Waals surface area contributed by atoms with Gasteiger partial charge in [0.2, 0.25) is 0 Å². The second-order valence-electron chi connectivity index (χ2n) is 6.36. The number of rotatable bonds is 14. The van der Waals surface area contributed by atoms with Gasteiger partial charge in [-0.3, -0.25) is 4.99 Å². The number of hydrogen-bond acceptors (Lipinski definition) is 4. The van der Waals surface area contributed by atoms with E-state index >= 15 is 0 Å². The summed E-state index contributed by atoms with van der Waals surface area (Å²) in [7, 11) is 3.86. The van der Waals surface area contributed by atoms with E-state index < -0.39 is 0 Å². The molecule has 0 aromatic heterocycles. The van der Waals surface area contributed by atoms with Crippen molar-refractivity contribution < 1.29 is 9.47 Å². The van der Waals surface area contributed by atoms with E-state index in [4.69, 9.17) is 9.47 Å². The Morgan fingerprint density at radius 2 is 1.92 bits per heavy atom. The number of nitrogens with zero attached hydrogens (tertiary/aromatic N) is 2. The maximum atomic E-state index is 5.79. The summed E-state index contributed by atoms with van der Waals surface area (Å²) in [5, 5.41) is 6.72. The monoisotopic (exact) mass is 344 g/mol. The second kappa shape index (κ2) is 15.7. The van der Waals surface area contributed by atoms with Crippen molar-refractivity contribution >= 4 is 5.96 Å². The molecule has 0 aromatic rings. The van der Waals surface area contributed by atoms with Crippen LogP contribution in [0.25, 0.3) is 0 Å². The molecule has 0 aliphatic carbocycles. The third kappa shape index (κ3) is 12.6. The van der Waals surface area contributed by atoms with Gasteiger partial charge in [0, 0.05) is 39.9 Å². The van der Waals surface area contributed by atoms with Gasteiger partial charge in [0.1, 0.15) is 0 Å². The molecule has 2 N–H and O–H groups in total. The van der Waals surface area contributed by atoms with Crippen molar-refractivity contribution in [3.63, 3.8) is 0 Å². The highest BCUT2D eigenvalue weighted by molar-refractivity contribution is 5.79. The molecule has 0 amide bonds. The third-order valence-corrected chi connectivity index (χ3v) is 3.83. The predicted molar refractivity (Wildman–Crippen MR) is 103 cm³/mol. The van der Waals surface area contributed by atoms with Crippen LogP contribution in [0.15, 0.2) is 4.99 Å². The number of ether oxygens (including phenoxy) is 2. The third-order valence-electron chi connectivity index (χ3n) is 3.83. The van der Waals surface area contributed by atoms with E-state index in [1.165, 1.54) is 0 Å². The van der Waals surface area contributed by atoms with Crippen molar-refractivity contribution in [1.29, 1.82) is 0 Å². The maximum Gasteiger partial charge on any atom is 0.191 e. The molecule has 1 unspecified atom stereocenters. The van der Waals surface area contributed by atoms with E-state index in [9.17, 15) is 0 Å². The standard InChI is InChI=1S/C18H40N4O2/c1-7-19-18(20-11-9-13-22(5)14-15-23-6)21-12-10-17(16(3)4)24-8-2/h16-17H,7-15H2,1-6H3,(H2,19,20,21). The lowest BCUT2D eigenvalue weighted by Gasteiger charge is -2.21. The van der Waals surface area contributed by atoms with Gasteiger partial charge in [-0.15, -0.1) is 0 Å². The lowest BCUT2D eigenvalue weighted by Crippen LogP contribution is -2.39. The Hall–Kier alpha value is -0.850. The SMILES string of the molecule is CCNC(=NCCCN(C)CCOC)NCCC(OCC)C(C)C. The van der Waals surface area contributed by atoms with Gasteiger partial charge in [-0.25, -0.2) is 0 Å². The van der Waals surface area contributed by atoms with Gasteiger partial charge in [-0.2, -0.15) is 0 Å². The van der Waals surface area contributed by atoms with Gasteiger partial charge in [-0.1, -0.05) is 13.8 Å². The van der Waals surface area contributed by atoms with Crippen LogP contribution in [0.2, 0.25) is 0 Å². The summed E-state index contributed by atoms with van der Waals surface area (Å²) in [6.07, 6.45) is 2.35. The highest BCUT2D eigenvalue weighted by Crippen LogP contribution is 2.09. The highest BCUT2D eigenvalue weighted by Gasteiger charge is 2.12. The first-order valence-electron chi connectivity index (χ1n) is 9.36. The zero-order valence-electron chi connectivity index (χ0n) is 16.7. The summed E-state index contributed by atoms with van der Waals surface area (Å²) in [6.45, 7) is 14.7. The van der Waals surface area contributed by atoms with Gasteiger partial charge in [0.15, 0.2) is 5.96 Å². The number of guanidine groups is 1. The molecule has 1 atom stereocenters. The summed E-state index contributed by atoms with van der Waals surface area (Å²) >= 11 is 0. The molecule has 6 nitrogen and oxygen atoms in total. The molecule has 0 heterocycles. The normalized spacial score (nSPS) is 13.6. The number of methoxy groups -OCH3 is 1. The predicted octanol–water partition coefficient (Wildman–Crippen LogP) is 1.96. The van der Waals surface area contributed by atoms with E-state index in [0.717, 1.165) is 64.7 Å². The van der Waals surface area contributed by atoms with Crippen LogP contribution in [-0.2, 0) is 9.47 Å². The van der Waals surface area contributed by atoms with Crippen LogP contribution in [0.5, 0.6) is 0 Å². The summed E-state index contributed by atoms with van der Waals surface area (Å²) < 4.78 is 10.9. The molecule has 0 fully saturated rings. The summed E-state index contributed by atoms with van der Waals surface area (Å²) in [4.78, 5) is 6.92. The summed E-state index contributed by atoms with van der Waals surface area (Å²) in [5.41, 5.74) is 0. The fourth-order valence-electron chi connectivity index (χ4n) is 2.39. The molecule has 0 aromatic carbocycles. The quantitative estimate of drug-likeness (QED) is 0.287. The minimum absolute atomic E-state index is 0.305. The molecular formula is C18H40N4O2. The van der Waals surface area contributed by atoms with Gasteiger partial charge in [0.25, 0.3) is 0 Å². The van der Waals surface area contributed by atoms with Crippen molar-refractivity contribution in [2.24, 2.45) is 10.9 Å². The van der Waals surface area contributed by atoms with E-state index in [2.05, 4.69) is 55.3 Å². The fourth-order valence-corrected chi connectivity index (χ4v) is 2.39. The molecular weight excluding hydrogens is 304 g/mol. The van der Waals surface area contributed by atoms with Crippen molar-refractivity contribution in [3.8, 4) is 0 Å². The van der Waals surface area contributed by atoms with E-state index in [1.807, 2.05) is 0 Å². The van der Waals surface area contributed by atoms with Gasteiger partial charge < -0.3 is 25.0 Å². The molecule has 0 radical (unpaired) electrons. The maximum absolute atomic E-state index is 5.79. The second-order valence-corrected chi connectivity index (χ2v) is 6.36. The average molecular weight is 345 g/mol. The Balaban J connectivity index is 4.09. The first-order valence-corrected chi connectivity index (χ1v) is 9.36. The molecule has 0 saturated heterocycles.